The molecule has 0 atom stereocenters. The predicted molar refractivity (Wildman–Crippen MR) is 60.0 cm³/mol. The summed E-state index contributed by atoms with van der Waals surface area (Å²) in [5.41, 5.74) is -0.0740. The lowest BCUT2D eigenvalue weighted by Crippen LogP contribution is -1.94. The molecule has 0 aliphatic carbocycles. The number of nitro groups is 1. The van der Waals surface area contributed by atoms with Crippen molar-refractivity contribution in [3.8, 4) is 12.1 Å². The first-order valence-corrected chi connectivity index (χ1v) is 4.69. The van der Waals surface area contributed by atoms with E-state index in [9.17, 15) is 10.1 Å². The van der Waals surface area contributed by atoms with Gasteiger partial charge in [-0.1, -0.05) is 12.1 Å². The number of rotatable bonds is 1. The third-order valence-electron chi connectivity index (χ3n) is 2.45. The Hall–Kier alpha value is -2.92. The average molecular weight is 223 g/mol. The lowest BCUT2D eigenvalue weighted by Gasteiger charge is -2.02. The van der Waals surface area contributed by atoms with Crippen LogP contribution in [0.15, 0.2) is 30.3 Å². The third-order valence-corrected chi connectivity index (χ3v) is 2.45. The molecule has 80 valence electrons. The van der Waals surface area contributed by atoms with E-state index in [1.54, 1.807) is 18.2 Å². The molecule has 0 aliphatic rings. The lowest BCUT2D eigenvalue weighted by atomic mass is 9.99. The van der Waals surface area contributed by atoms with Crippen LogP contribution in [0.25, 0.3) is 10.8 Å². The molecule has 0 radical (unpaired) electrons. The van der Waals surface area contributed by atoms with Crippen LogP contribution in [0, 0.1) is 32.8 Å². The SMILES string of the molecule is N#Cc1cccc2ccc([N+](=O)[O-])c(C#N)c12. The van der Waals surface area contributed by atoms with Gasteiger partial charge in [-0.15, -0.1) is 0 Å². The van der Waals surface area contributed by atoms with Gasteiger partial charge in [0.2, 0.25) is 0 Å². The van der Waals surface area contributed by atoms with Crippen molar-refractivity contribution in [3.05, 3.63) is 51.6 Å². The third kappa shape index (κ3) is 1.56. The van der Waals surface area contributed by atoms with Crippen LogP contribution in [0.3, 0.4) is 0 Å². The first-order chi connectivity index (χ1) is 8.19. The number of nitrogens with zero attached hydrogens (tertiary/aromatic N) is 3. The van der Waals surface area contributed by atoms with Gasteiger partial charge in [0.05, 0.1) is 16.6 Å². The van der Waals surface area contributed by atoms with Crippen LogP contribution in [0.5, 0.6) is 0 Å². The van der Waals surface area contributed by atoms with Crippen molar-refractivity contribution >= 4 is 16.5 Å². The summed E-state index contributed by atoms with van der Waals surface area (Å²) in [6.45, 7) is 0. The van der Waals surface area contributed by atoms with Gasteiger partial charge in [0.25, 0.3) is 5.69 Å². The smallest absolute Gasteiger partial charge is 0.258 e. The highest BCUT2D eigenvalue weighted by Crippen LogP contribution is 2.29. The maximum Gasteiger partial charge on any atom is 0.287 e. The Kier molecular flexibility index (Phi) is 2.44. The minimum Gasteiger partial charge on any atom is -0.258 e. The molecule has 0 saturated heterocycles. The average Bonchev–Trinajstić information content (AvgIpc) is 2.36. The maximum absolute atomic E-state index is 10.8. The fraction of sp³-hybridized carbons (Fsp3) is 0. The summed E-state index contributed by atoms with van der Waals surface area (Å²) < 4.78 is 0. The van der Waals surface area contributed by atoms with Gasteiger partial charge < -0.3 is 0 Å². The summed E-state index contributed by atoms with van der Waals surface area (Å²) in [6.07, 6.45) is 0. The van der Waals surface area contributed by atoms with E-state index in [-0.39, 0.29) is 16.8 Å². The Balaban J connectivity index is 3.01. The quantitative estimate of drug-likeness (QED) is 0.548. The van der Waals surface area contributed by atoms with E-state index >= 15 is 0 Å². The molecule has 17 heavy (non-hydrogen) atoms. The zero-order valence-electron chi connectivity index (χ0n) is 8.54. The van der Waals surface area contributed by atoms with Crippen molar-refractivity contribution in [1.82, 2.24) is 0 Å². The Morgan fingerprint density at radius 3 is 2.47 bits per heavy atom. The predicted octanol–water partition coefficient (Wildman–Crippen LogP) is 2.49. The fourth-order valence-electron chi connectivity index (χ4n) is 1.73. The molecule has 2 aromatic carbocycles. The number of nitro benzene ring substituents is 1. The Bertz CT molecular complexity index is 708. The van der Waals surface area contributed by atoms with Crippen LogP contribution in [0.4, 0.5) is 5.69 Å². The number of fused-ring (bicyclic) bond motifs is 1. The van der Waals surface area contributed by atoms with Crippen molar-refractivity contribution < 1.29 is 4.92 Å². The van der Waals surface area contributed by atoms with Gasteiger partial charge in [-0.3, -0.25) is 10.1 Å². The molecule has 0 amide bonds. The second-order valence-electron chi connectivity index (χ2n) is 3.34. The van der Waals surface area contributed by atoms with Gasteiger partial charge in [-0.2, -0.15) is 10.5 Å². The first kappa shape index (κ1) is 10.6. The van der Waals surface area contributed by atoms with Gasteiger partial charge in [0, 0.05) is 11.5 Å². The van der Waals surface area contributed by atoms with Crippen molar-refractivity contribution in [3.63, 3.8) is 0 Å². The van der Waals surface area contributed by atoms with E-state index < -0.39 is 4.92 Å². The van der Waals surface area contributed by atoms with Crippen LogP contribution in [-0.2, 0) is 0 Å². The molecule has 0 unspecified atom stereocenters. The number of benzene rings is 2. The topological polar surface area (TPSA) is 90.7 Å². The van der Waals surface area contributed by atoms with Crippen molar-refractivity contribution in [1.29, 1.82) is 10.5 Å². The van der Waals surface area contributed by atoms with E-state index in [0.717, 1.165) is 0 Å². The molecule has 5 nitrogen and oxygen atoms in total. The molecule has 0 fully saturated rings. The normalized spacial score (nSPS) is 9.53. The van der Waals surface area contributed by atoms with E-state index in [1.807, 2.05) is 6.07 Å². The highest BCUT2D eigenvalue weighted by molar-refractivity contribution is 5.95. The standard InChI is InChI=1S/C12H5N3O2/c13-6-9-3-1-2-8-4-5-11(15(16)17)10(7-14)12(8)9/h1-5H. The summed E-state index contributed by atoms with van der Waals surface area (Å²) in [6, 6.07) is 11.5. The van der Waals surface area contributed by atoms with E-state index in [4.69, 9.17) is 10.5 Å². The highest BCUT2D eigenvalue weighted by Gasteiger charge is 2.18. The first-order valence-electron chi connectivity index (χ1n) is 4.69. The van der Waals surface area contributed by atoms with Gasteiger partial charge in [0.15, 0.2) is 0 Å². The molecule has 0 spiro atoms. The van der Waals surface area contributed by atoms with E-state index in [1.165, 1.54) is 18.2 Å². The maximum atomic E-state index is 10.8. The van der Waals surface area contributed by atoms with Crippen LogP contribution in [0.2, 0.25) is 0 Å². The summed E-state index contributed by atoms with van der Waals surface area (Å²) >= 11 is 0. The summed E-state index contributed by atoms with van der Waals surface area (Å²) in [4.78, 5) is 10.2. The van der Waals surface area contributed by atoms with Crippen molar-refractivity contribution in [2.75, 3.05) is 0 Å². The summed E-state index contributed by atoms with van der Waals surface area (Å²) in [5.74, 6) is 0. The molecule has 5 heteroatoms. The highest BCUT2D eigenvalue weighted by atomic mass is 16.6. The fourth-order valence-corrected chi connectivity index (χ4v) is 1.73. The van der Waals surface area contributed by atoms with Gasteiger partial charge in [-0.05, 0) is 17.5 Å². The zero-order chi connectivity index (χ0) is 12.4. The second kappa shape index (κ2) is 3.92. The van der Waals surface area contributed by atoms with Crippen LogP contribution < -0.4 is 0 Å². The molecule has 0 heterocycles. The van der Waals surface area contributed by atoms with E-state index in [2.05, 4.69) is 0 Å². The molecule has 0 N–H and O–H groups in total. The summed E-state index contributed by atoms with van der Waals surface area (Å²) in [7, 11) is 0. The van der Waals surface area contributed by atoms with Crippen LogP contribution in [-0.4, -0.2) is 4.92 Å². The lowest BCUT2D eigenvalue weighted by molar-refractivity contribution is -0.385. The molecule has 0 saturated carbocycles. The van der Waals surface area contributed by atoms with Crippen molar-refractivity contribution in [2.24, 2.45) is 0 Å². The Morgan fingerprint density at radius 1 is 1.12 bits per heavy atom. The van der Waals surface area contributed by atoms with Gasteiger partial charge in [-0.25, -0.2) is 0 Å². The number of hydrogen-bond acceptors (Lipinski definition) is 4. The second-order valence-corrected chi connectivity index (χ2v) is 3.34. The molecule has 0 bridgehead atoms. The largest absolute Gasteiger partial charge is 0.287 e. The molecule has 2 aromatic rings. The number of nitriles is 2. The van der Waals surface area contributed by atoms with Crippen LogP contribution in [0.1, 0.15) is 11.1 Å². The monoisotopic (exact) mass is 223 g/mol. The zero-order valence-corrected chi connectivity index (χ0v) is 8.54. The minimum atomic E-state index is -0.619. The molecular formula is C12H5N3O2. The Labute approximate surface area is 96.3 Å². The molecule has 0 aliphatic heterocycles. The number of hydrogen-bond donors (Lipinski definition) is 0. The van der Waals surface area contributed by atoms with Gasteiger partial charge >= 0.3 is 0 Å². The Morgan fingerprint density at radius 2 is 1.88 bits per heavy atom. The molecule has 2 rings (SSSR count). The minimum absolute atomic E-state index is 0.0651. The summed E-state index contributed by atoms with van der Waals surface area (Å²) in [5, 5.41) is 29.8. The van der Waals surface area contributed by atoms with E-state index in [0.29, 0.717) is 10.8 Å². The van der Waals surface area contributed by atoms with Crippen molar-refractivity contribution in [2.45, 2.75) is 0 Å². The molecular weight excluding hydrogens is 218 g/mol. The van der Waals surface area contributed by atoms with Crippen LogP contribution >= 0.6 is 0 Å². The van der Waals surface area contributed by atoms with Gasteiger partial charge in [0.1, 0.15) is 11.6 Å². The molecule has 0 aromatic heterocycles.